The van der Waals surface area contributed by atoms with E-state index in [0.29, 0.717) is 0 Å². The maximum Gasteiger partial charge on any atom is 0.250 e. The van der Waals surface area contributed by atoms with Gasteiger partial charge in [0.1, 0.15) is 29.8 Å². The highest BCUT2D eigenvalue weighted by Gasteiger charge is 2.26. The molecule has 0 aliphatic carbocycles. The Morgan fingerprint density at radius 2 is 1.74 bits per heavy atom. The molecule has 0 amide bonds. The Morgan fingerprint density at radius 3 is 2.41 bits per heavy atom. The molecule has 2 aromatic carbocycles. The van der Waals surface area contributed by atoms with E-state index in [-0.39, 0.29) is 29.7 Å². The minimum absolute atomic E-state index is 0.0220. The van der Waals surface area contributed by atoms with Crippen LogP contribution in [0.1, 0.15) is 17.2 Å². The predicted octanol–water partition coefficient (Wildman–Crippen LogP) is 3.85. The summed E-state index contributed by atoms with van der Waals surface area (Å²) in [6.45, 7) is 0.217. The zero-order valence-electron chi connectivity index (χ0n) is 14.5. The Hall–Kier alpha value is -3.28. The third kappa shape index (κ3) is 3.26. The van der Waals surface area contributed by atoms with Crippen LogP contribution in [0.25, 0.3) is 11.1 Å². The molecule has 3 aromatic rings. The number of aliphatic imine (C=N–C) groups is 1. The summed E-state index contributed by atoms with van der Waals surface area (Å²) in [5.74, 6) is -1.42. The van der Waals surface area contributed by atoms with Gasteiger partial charge in [0.25, 0.3) is 5.56 Å². The van der Waals surface area contributed by atoms with Crippen LogP contribution in [0, 0.1) is 11.6 Å². The molecule has 1 aromatic heterocycles. The Balaban J connectivity index is 1.60. The molecule has 1 aliphatic rings. The fourth-order valence-corrected chi connectivity index (χ4v) is 3.01. The molecular weight excluding hydrogens is 350 g/mol. The highest BCUT2D eigenvalue weighted by Crippen LogP contribution is 2.28. The van der Waals surface area contributed by atoms with Crippen molar-refractivity contribution in [2.75, 3.05) is 6.61 Å². The number of ether oxygens (including phenoxy) is 1. The van der Waals surface area contributed by atoms with Gasteiger partial charge in [0, 0.05) is 19.3 Å². The van der Waals surface area contributed by atoms with Gasteiger partial charge in [0.2, 0.25) is 5.90 Å². The minimum atomic E-state index is -0.699. The molecule has 2 heterocycles. The summed E-state index contributed by atoms with van der Waals surface area (Å²) in [6.07, 6.45) is 1.72. The first-order valence-electron chi connectivity index (χ1n) is 8.45. The third-order valence-corrected chi connectivity index (χ3v) is 4.56. The van der Waals surface area contributed by atoms with Gasteiger partial charge in [-0.2, -0.15) is 0 Å². The number of aryl methyl sites for hydroxylation is 1. The Bertz CT molecular complexity index is 1070. The number of rotatable bonds is 3. The van der Waals surface area contributed by atoms with Crippen LogP contribution < -0.4 is 5.56 Å². The van der Waals surface area contributed by atoms with E-state index in [1.807, 2.05) is 30.3 Å². The molecule has 4 nitrogen and oxygen atoms in total. The minimum Gasteiger partial charge on any atom is -0.475 e. The van der Waals surface area contributed by atoms with Crippen LogP contribution in [0.2, 0.25) is 0 Å². The monoisotopic (exact) mass is 366 g/mol. The molecule has 0 saturated heterocycles. The van der Waals surface area contributed by atoms with Gasteiger partial charge in [-0.3, -0.25) is 4.79 Å². The molecule has 1 atom stereocenters. The van der Waals surface area contributed by atoms with Crippen LogP contribution in [0.3, 0.4) is 0 Å². The van der Waals surface area contributed by atoms with Crippen molar-refractivity contribution in [1.29, 1.82) is 0 Å². The highest BCUT2D eigenvalue weighted by atomic mass is 19.1. The molecule has 0 bridgehead atoms. The van der Waals surface area contributed by atoms with Gasteiger partial charge < -0.3 is 9.30 Å². The largest absolute Gasteiger partial charge is 0.475 e. The number of aromatic nitrogens is 1. The van der Waals surface area contributed by atoms with E-state index < -0.39 is 11.6 Å². The smallest absolute Gasteiger partial charge is 0.250 e. The number of nitrogens with zero attached hydrogens (tertiary/aromatic N) is 2. The molecule has 6 heteroatoms. The number of halogens is 2. The van der Waals surface area contributed by atoms with Crippen molar-refractivity contribution < 1.29 is 13.5 Å². The maximum absolute atomic E-state index is 13.9. The van der Waals surface area contributed by atoms with Gasteiger partial charge in [-0.1, -0.05) is 30.3 Å². The van der Waals surface area contributed by atoms with Gasteiger partial charge in [-0.15, -0.1) is 0 Å². The summed E-state index contributed by atoms with van der Waals surface area (Å²) in [5, 5.41) is 0. The van der Waals surface area contributed by atoms with E-state index >= 15 is 0 Å². The number of pyridine rings is 1. The lowest BCUT2D eigenvalue weighted by Crippen LogP contribution is -2.14. The second kappa shape index (κ2) is 6.79. The van der Waals surface area contributed by atoms with Crippen LogP contribution in [0.15, 0.2) is 70.6 Å². The van der Waals surface area contributed by atoms with Crippen molar-refractivity contribution >= 4 is 5.90 Å². The highest BCUT2D eigenvalue weighted by molar-refractivity contribution is 5.95. The molecule has 0 spiro atoms. The van der Waals surface area contributed by atoms with Gasteiger partial charge in [0.05, 0.1) is 0 Å². The molecule has 0 saturated carbocycles. The summed E-state index contributed by atoms with van der Waals surface area (Å²) < 4.78 is 34.8. The normalized spacial score (nSPS) is 16.1. The van der Waals surface area contributed by atoms with E-state index in [9.17, 15) is 13.6 Å². The van der Waals surface area contributed by atoms with Crippen LogP contribution in [-0.2, 0) is 11.8 Å². The molecule has 136 valence electrons. The molecule has 4 rings (SSSR count). The first-order valence-corrected chi connectivity index (χ1v) is 8.45. The van der Waals surface area contributed by atoms with Crippen LogP contribution in [0.4, 0.5) is 8.78 Å². The molecule has 0 radical (unpaired) electrons. The lowest BCUT2D eigenvalue weighted by molar-refractivity contribution is 0.317. The Morgan fingerprint density at radius 1 is 1.04 bits per heavy atom. The van der Waals surface area contributed by atoms with Crippen molar-refractivity contribution in [1.82, 2.24) is 4.57 Å². The third-order valence-electron chi connectivity index (χ3n) is 4.56. The van der Waals surface area contributed by atoms with Crippen molar-refractivity contribution in [3.8, 4) is 11.1 Å². The summed E-state index contributed by atoms with van der Waals surface area (Å²) in [5.41, 5.74) is 2.28. The molecule has 27 heavy (non-hydrogen) atoms. The molecule has 0 N–H and O–H groups in total. The van der Waals surface area contributed by atoms with Crippen LogP contribution in [-0.4, -0.2) is 17.1 Å². The second-order valence-corrected chi connectivity index (χ2v) is 6.34. The average molecular weight is 366 g/mol. The molecule has 1 unspecified atom stereocenters. The summed E-state index contributed by atoms with van der Waals surface area (Å²) in [4.78, 5) is 16.1. The van der Waals surface area contributed by atoms with E-state index in [0.717, 1.165) is 16.7 Å². The van der Waals surface area contributed by atoms with Crippen LogP contribution in [0.5, 0.6) is 0 Å². The van der Waals surface area contributed by atoms with Gasteiger partial charge in [0.15, 0.2) is 0 Å². The quantitative estimate of drug-likeness (QED) is 0.707. The summed E-state index contributed by atoms with van der Waals surface area (Å²) >= 11 is 0. The van der Waals surface area contributed by atoms with Gasteiger partial charge in [-0.25, -0.2) is 13.8 Å². The lowest BCUT2D eigenvalue weighted by Gasteiger charge is -2.07. The average Bonchev–Trinajstić information content (AvgIpc) is 3.14. The number of hydrogen-bond acceptors (Lipinski definition) is 3. The predicted molar refractivity (Wildman–Crippen MR) is 98.7 cm³/mol. The summed E-state index contributed by atoms with van der Waals surface area (Å²) in [7, 11) is 1.70. The first-order chi connectivity index (χ1) is 13.0. The number of benzene rings is 2. The molecule has 0 fully saturated rings. The zero-order chi connectivity index (χ0) is 19.0. The lowest BCUT2D eigenvalue weighted by atomic mass is 10.0. The number of hydrogen-bond donors (Lipinski definition) is 0. The Kier molecular flexibility index (Phi) is 4.32. The second-order valence-electron chi connectivity index (χ2n) is 6.34. The van der Waals surface area contributed by atoms with Gasteiger partial charge in [-0.05, 0) is 34.9 Å². The fraction of sp³-hybridized carbons (Fsp3) is 0.143. The molecular formula is C21H16F2N2O2. The first kappa shape index (κ1) is 17.1. The molecule has 1 aliphatic heterocycles. The standard InChI is InChI=1S/C21H16F2N2O2/c1-25-10-9-15(11-19(25)26)13-5-7-14(8-6-13)18-12-27-21(24-18)20-16(22)3-2-4-17(20)23/h2-11,18H,12H2,1H3. The maximum atomic E-state index is 13.9. The topological polar surface area (TPSA) is 43.6 Å². The Labute approximate surface area is 154 Å². The van der Waals surface area contributed by atoms with E-state index in [2.05, 4.69) is 4.99 Å². The van der Waals surface area contributed by atoms with Gasteiger partial charge >= 0.3 is 0 Å². The van der Waals surface area contributed by atoms with Crippen molar-refractivity contribution in [3.05, 3.63) is 93.9 Å². The van der Waals surface area contributed by atoms with Crippen molar-refractivity contribution in [2.45, 2.75) is 6.04 Å². The zero-order valence-corrected chi connectivity index (χ0v) is 14.5. The van der Waals surface area contributed by atoms with Crippen LogP contribution >= 0.6 is 0 Å². The SMILES string of the molecule is Cn1ccc(-c2ccc(C3COC(c4c(F)cccc4F)=N3)cc2)cc1=O. The van der Waals surface area contributed by atoms with Crippen molar-refractivity contribution in [3.63, 3.8) is 0 Å². The van der Waals surface area contributed by atoms with E-state index in [4.69, 9.17) is 4.74 Å². The van der Waals surface area contributed by atoms with Crippen molar-refractivity contribution in [2.24, 2.45) is 12.0 Å². The van der Waals surface area contributed by atoms with E-state index in [1.54, 1.807) is 19.3 Å². The summed E-state index contributed by atoms with van der Waals surface area (Å²) in [6, 6.07) is 14.3. The fourth-order valence-electron chi connectivity index (χ4n) is 3.01. The van der Waals surface area contributed by atoms with E-state index in [1.165, 1.54) is 22.8 Å².